The summed E-state index contributed by atoms with van der Waals surface area (Å²) in [6.45, 7) is 9.51. The zero-order chi connectivity index (χ0) is 23.4. The van der Waals surface area contributed by atoms with Gasteiger partial charge in [-0.25, -0.2) is 8.78 Å². The van der Waals surface area contributed by atoms with Crippen LogP contribution in [0, 0.1) is 18.6 Å². The van der Waals surface area contributed by atoms with Crippen molar-refractivity contribution in [3.63, 3.8) is 0 Å². The summed E-state index contributed by atoms with van der Waals surface area (Å²) < 4.78 is 36.6. The zero-order valence-corrected chi connectivity index (χ0v) is 19.0. The maximum Gasteiger partial charge on any atom is 0.254 e. The predicted molar refractivity (Wildman–Crippen MR) is 116 cm³/mol. The predicted octanol–water partition coefficient (Wildman–Crippen LogP) is 5.01. The van der Waals surface area contributed by atoms with Gasteiger partial charge < -0.3 is 14.2 Å². The molecule has 0 bridgehead atoms. The Balaban J connectivity index is 1.76. The van der Waals surface area contributed by atoms with Crippen LogP contribution < -0.4 is 4.74 Å². The summed E-state index contributed by atoms with van der Waals surface area (Å²) in [6, 6.07) is 8.00. The second kappa shape index (κ2) is 7.69. The standard InChI is InChI=1S/C24H26F2N4O2/c1-13(2)30-21(15-7-8-17-16(11-15)12-29(6)22(17)31)27-28-23(30)24(4,5)32-20-18(25)9-14(3)10-19(20)26/h7-11,13H,12H2,1-6H3. The highest BCUT2D eigenvalue weighted by atomic mass is 19.1. The first-order valence-electron chi connectivity index (χ1n) is 10.5. The van der Waals surface area contributed by atoms with Crippen LogP contribution in [0.3, 0.4) is 0 Å². The van der Waals surface area contributed by atoms with Gasteiger partial charge in [0.25, 0.3) is 5.91 Å². The van der Waals surface area contributed by atoms with Crippen LogP contribution in [0.1, 0.15) is 61.0 Å². The summed E-state index contributed by atoms with van der Waals surface area (Å²) in [4.78, 5) is 13.9. The van der Waals surface area contributed by atoms with Crippen LogP contribution in [-0.4, -0.2) is 32.6 Å². The topological polar surface area (TPSA) is 60.3 Å². The summed E-state index contributed by atoms with van der Waals surface area (Å²) in [6.07, 6.45) is 0. The lowest BCUT2D eigenvalue weighted by Crippen LogP contribution is -2.31. The van der Waals surface area contributed by atoms with Crippen LogP contribution in [0.25, 0.3) is 11.4 Å². The Morgan fingerprint density at radius 2 is 1.75 bits per heavy atom. The highest BCUT2D eigenvalue weighted by molar-refractivity contribution is 5.98. The number of halogens is 2. The highest BCUT2D eigenvalue weighted by Gasteiger charge is 2.34. The van der Waals surface area contributed by atoms with Crippen molar-refractivity contribution >= 4 is 5.91 Å². The number of carbonyl (C=O) groups excluding carboxylic acids is 1. The number of rotatable bonds is 5. The first kappa shape index (κ1) is 21.9. The third-order valence-electron chi connectivity index (χ3n) is 5.60. The van der Waals surface area contributed by atoms with Gasteiger partial charge in [-0.05, 0) is 70.0 Å². The van der Waals surface area contributed by atoms with Crippen molar-refractivity contribution in [3.05, 3.63) is 64.5 Å². The number of aromatic nitrogens is 3. The third kappa shape index (κ3) is 3.63. The Labute approximate surface area is 185 Å². The number of hydrogen-bond acceptors (Lipinski definition) is 4. The molecular formula is C24H26F2N4O2. The van der Waals surface area contributed by atoms with Gasteiger partial charge in [0.1, 0.15) is 0 Å². The lowest BCUT2D eigenvalue weighted by Gasteiger charge is -2.28. The molecule has 8 heteroatoms. The minimum Gasteiger partial charge on any atom is -0.474 e. The molecule has 1 aliphatic rings. The molecule has 168 valence electrons. The van der Waals surface area contributed by atoms with Gasteiger partial charge in [-0.2, -0.15) is 0 Å². The van der Waals surface area contributed by atoms with E-state index in [1.807, 2.05) is 30.5 Å². The molecule has 1 amide bonds. The normalized spacial score (nSPS) is 13.8. The summed E-state index contributed by atoms with van der Waals surface area (Å²) in [7, 11) is 1.76. The number of benzene rings is 2. The lowest BCUT2D eigenvalue weighted by molar-refractivity contribution is 0.0811. The zero-order valence-electron chi connectivity index (χ0n) is 19.0. The smallest absolute Gasteiger partial charge is 0.254 e. The molecule has 0 atom stereocenters. The largest absolute Gasteiger partial charge is 0.474 e. The van der Waals surface area contributed by atoms with Gasteiger partial charge in [0.15, 0.2) is 34.6 Å². The molecule has 32 heavy (non-hydrogen) atoms. The maximum atomic E-state index is 14.4. The fraction of sp³-hybridized carbons (Fsp3) is 0.375. The van der Waals surface area contributed by atoms with E-state index in [1.165, 1.54) is 12.1 Å². The van der Waals surface area contributed by atoms with Crippen molar-refractivity contribution in [2.24, 2.45) is 0 Å². The number of aryl methyl sites for hydroxylation is 1. The van der Waals surface area contributed by atoms with E-state index in [0.717, 1.165) is 11.1 Å². The molecule has 0 N–H and O–H groups in total. The average molecular weight is 440 g/mol. The summed E-state index contributed by atoms with van der Waals surface area (Å²) in [5, 5.41) is 8.73. The molecular weight excluding hydrogens is 414 g/mol. The minimum absolute atomic E-state index is 0.00532. The number of fused-ring (bicyclic) bond motifs is 1. The molecule has 0 unspecified atom stereocenters. The van der Waals surface area contributed by atoms with E-state index in [-0.39, 0.29) is 11.9 Å². The quantitative estimate of drug-likeness (QED) is 0.559. The SMILES string of the molecule is Cc1cc(F)c(OC(C)(C)c2nnc(-c3ccc4c(c3)CN(C)C4=O)n2C(C)C)c(F)c1. The van der Waals surface area contributed by atoms with Crippen molar-refractivity contribution in [2.75, 3.05) is 7.05 Å². The molecule has 0 saturated heterocycles. The molecule has 0 saturated carbocycles. The highest BCUT2D eigenvalue weighted by Crippen LogP contribution is 2.35. The number of carbonyl (C=O) groups is 1. The fourth-order valence-electron chi connectivity index (χ4n) is 4.08. The maximum absolute atomic E-state index is 14.4. The molecule has 4 rings (SSSR count). The first-order chi connectivity index (χ1) is 15.0. The number of hydrogen-bond donors (Lipinski definition) is 0. The van der Waals surface area contributed by atoms with Crippen LogP contribution in [0.4, 0.5) is 8.78 Å². The summed E-state index contributed by atoms with van der Waals surface area (Å²) in [5.41, 5.74) is 1.72. The molecule has 1 aromatic heterocycles. The Morgan fingerprint density at radius 1 is 1.09 bits per heavy atom. The second-order valence-electron chi connectivity index (χ2n) is 9.01. The van der Waals surface area contributed by atoms with Crippen molar-refractivity contribution in [3.8, 4) is 17.1 Å². The summed E-state index contributed by atoms with van der Waals surface area (Å²) >= 11 is 0. The Kier molecular flexibility index (Phi) is 5.27. The van der Waals surface area contributed by atoms with Gasteiger partial charge in [0.2, 0.25) is 0 Å². The molecule has 2 heterocycles. The van der Waals surface area contributed by atoms with E-state index in [0.29, 0.717) is 29.3 Å². The molecule has 1 aliphatic heterocycles. The Morgan fingerprint density at radius 3 is 2.38 bits per heavy atom. The van der Waals surface area contributed by atoms with Crippen LogP contribution >= 0.6 is 0 Å². The number of nitrogens with zero attached hydrogens (tertiary/aromatic N) is 4. The molecule has 0 fully saturated rings. The van der Waals surface area contributed by atoms with Gasteiger partial charge in [-0.3, -0.25) is 4.79 Å². The molecule has 2 aromatic carbocycles. The molecule has 6 nitrogen and oxygen atoms in total. The molecule has 0 aliphatic carbocycles. The van der Waals surface area contributed by atoms with Crippen molar-refractivity contribution in [2.45, 2.75) is 52.8 Å². The van der Waals surface area contributed by atoms with E-state index in [1.54, 1.807) is 38.8 Å². The van der Waals surface area contributed by atoms with Crippen molar-refractivity contribution in [1.82, 2.24) is 19.7 Å². The van der Waals surface area contributed by atoms with Crippen LogP contribution in [0.5, 0.6) is 5.75 Å². The van der Waals surface area contributed by atoms with Gasteiger partial charge in [0.05, 0.1) is 0 Å². The van der Waals surface area contributed by atoms with Crippen molar-refractivity contribution < 1.29 is 18.3 Å². The van der Waals surface area contributed by atoms with E-state index in [2.05, 4.69) is 10.2 Å². The minimum atomic E-state index is -1.17. The number of ether oxygens (including phenoxy) is 1. The van der Waals surface area contributed by atoms with Gasteiger partial charge in [-0.1, -0.05) is 6.07 Å². The van der Waals surface area contributed by atoms with Gasteiger partial charge >= 0.3 is 0 Å². The summed E-state index contributed by atoms with van der Waals surface area (Å²) in [5.74, 6) is -0.941. The van der Waals surface area contributed by atoms with E-state index in [4.69, 9.17) is 4.74 Å². The van der Waals surface area contributed by atoms with Crippen LogP contribution in [0.2, 0.25) is 0 Å². The lowest BCUT2D eigenvalue weighted by atomic mass is 10.0. The number of amides is 1. The Hall–Kier alpha value is -3.29. The van der Waals surface area contributed by atoms with E-state index in [9.17, 15) is 13.6 Å². The molecule has 0 radical (unpaired) electrons. The first-order valence-corrected chi connectivity index (χ1v) is 10.5. The fourth-order valence-corrected chi connectivity index (χ4v) is 4.08. The second-order valence-corrected chi connectivity index (χ2v) is 9.01. The van der Waals surface area contributed by atoms with Crippen LogP contribution in [-0.2, 0) is 12.1 Å². The van der Waals surface area contributed by atoms with Crippen LogP contribution in [0.15, 0.2) is 30.3 Å². The van der Waals surface area contributed by atoms with E-state index >= 15 is 0 Å². The van der Waals surface area contributed by atoms with Gasteiger partial charge in [0, 0.05) is 30.8 Å². The van der Waals surface area contributed by atoms with E-state index < -0.39 is 23.0 Å². The Bertz CT molecular complexity index is 1190. The van der Waals surface area contributed by atoms with Gasteiger partial charge in [-0.15, -0.1) is 10.2 Å². The average Bonchev–Trinajstić information content (AvgIpc) is 3.27. The third-order valence-corrected chi connectivity index (χ3v) is 5.60. The molecule has 0 spiro atoms. The monoisotopic (exact) mass is 440 g/mol. The molecule has 3 aromatic rings. The van der Waals surface area contributed by atoms with Crippen molar-refractivity contribution in [1.29, 1.82) is 0 Å².